The van der Waals surface area contributed by atoms with Crippen molar-refractivity contribution in [1.29, 1.82) is 5.26 Å². The highest BCUT2D eigenvalue weighted by molar-refractivity contribution is 7.91. The number of methoxy groups -OCH3 is 1. The molecule has 0 aromatic heterocycles. The number of hydrogen-bond donors (Lipinski definition) is 1. The van der Waals surface area contributed by atoms with E-state index in [-0.39, 0.29) is 17.5 Å². The Balaban J connectivity index is 1.63. The van der Waals surface area contributed by atoms with E-state index in [0.29, 0.717) is 25.9 Å². The Kier molecular flexibility index (Phi) is 5.21. The molecule has 2 amide bonds. The molecular weight excluding hydrogens is 354 g/mol. The Labute approximate surface area is 153 Å². The first kappa shape index (κ1) is 18.7. The largest absolute Gasteiger partial charge is 0.378 e. The van der Waals surface area contributed by atoms with Crippen LogP contribution in [0.1, 0.15) is 18.4 Å². The van der Waals surface area contributed by atoms with Crippen LogP contribution >= 0.6 is 0 Å². The molecule has 2 fully saturated rings. The van der Waals surface area contributed by atoms with Crippen LogP contribution in [0.2, 0.25) is 0 Å². The van der Waals surface area contributed by atoms with Gasteiger partial charge in [0, 0.05) is 20.2 Å². The van der Waals surface area contributed by atoms with E-state index in [1.807, 2.05) is 30.3 Å². The van der Waals surface area contributed by atoms with Crippen LogP contribution in [0.3, 0.4) is 0 Å². The monoisotopic (exact) mass is 377 g/mol. The van der Waals surface area contributed by atoms with Crippen LogP contribution in [0.4, 0.5) is 4.79 Å². The summed E-state index contributed by atoms with van der Waals surface area (Å²) in [4.78, 5) is 14.2. The minimum Gasteiger partial charge on any atom is -0.378 e. The molecule has 0 saturated carbocycles. The second-order valence-corrected chi connectivity index (χ2v) is 9.11. The van der Waals surface area contributed by atoms with Gasteiger partial charge in [-0.15, -0.1) is 0 Å². The van der Waals surface area contributed by atoms with Crippen molar-refractivity contribution in [2.45, 2.75) is 30.4 Å². The summed E-state index contributed by atoms with van der Waals surface area (Å²) in [5.41, 5.74) is 0.396. The highest BCUT2D eigenvalue weighted by Gasteiger charge is 2.41. The predicted molar refractivity (Wildman–Crippen MR) is 96.3 cm³/mol. The Hall–Kier alpha value is -2.11. The zero-order valence-electron chi connectivity index (χ0n) is 14.7. The number of urea groups is 1. The number of sulfone groups is 1. The van der Waals surface area contributed by atoms with E-state index in [1.165, 1.54) is 7.11 Å². The van der Waals surface area contributed by atoms with Crippen molar-refractivity contribution in [2.75, 3.05) is 31.7 Å². The van der Waals surface area contributed by atoms with Gasteiger partial charge in [0.25, 0.3) is 0 Å². The molecule has 8 heteroatoms. The summed E-state index contributed by atoms with van der Waals surface area (Å²) in [6, 6.07) is 11.3. The number of benzene rings is 1. The van der Waals surface area contributed by atoms with Gasteiger partial charge in [0.15, 0.2) is 9.84 Å². The number of hydrogen-bond acceptors (Lipinski definition) is 5. The molecule has 1 N–H and O–H groups in total. The molecule has 140 valence electrons. The van der Waals surface area contributed by atoms with E-state index in [4.69, 9.17) is 4.74 Å². The molecule has 26 heavy (non-hydrogen) atoms. The maximum Gasteiger partial charge on any atom is 0.317 e. The fourth-order valence-corrected chi connectivity index (χ4v) is 5.60. The zero-order valence-corrected chi connectivity index (χ0v) is 15.5. The van der Waals surface area contributed by atoms with E-state index < -0.39 is 27.4 Å². The van der Waals surface area contributed by atoms with Crippen molar-refractivity contribution in [3.63, 3.8) is 0 Å². The molecule has 0 bridgehead atoms. The molecule has 2 aliphatic heterocycles. The molecule has 3 rings (SSSR count). The fraction of sp³-hybridized carbons (Fsp3) is 0.556. The van der Waals surface area contributed by atoms with Crippen molar-refractivity contribution >= 4 is 15.9 Å². The standard InChI is InChI=1S/C18H23N3O4S/c1-25-16-12-26(23,24)11-15(16)20-17(22)21-9-7-18(13-19,8-10-21)14-5-3-2-4-6-14/h2-6,15-16H,7-12H2,1H3,(H,20,22)/t15-,16-/m1/s1. The van der Waals surface area contributed by atoms with Crippen LogP contribution < -0.4 is 5.32 Å². The molecule has 2 aliphatic rings. The lowest BCUT2D eigenvalue weighted by atomic mass is 9.74. The zero-order chi connectivity index (χ0) is 18.8. The fourth-order valence-electron chi connectivity index (χ4n) is 3.75. The first-order chi connectivity index (χ1) is 12.4. The second kappa shape index (κ2) is 7.25. The number of nitriles is 1. The van der Waals surface area contributed by atoms with Gasteiger partial charge in [0.05, 0.1) is 35.1 Å². The molecule has 1 aromatic carbocycles. The van der Waals surface area contributed by atoms with Crippen LogP contribution in [0, 0.1) is 11.3 Å². The van der Waals surface area contributed by atoms with Gasteiger partial charge < -0.3 is 15.0 Å². The molecule has 2 heterocycles. The van der Waals surface area contributed by atoms with Crippen LogP contribution in [0.15, 0.2) is 30.3 Å². The minimum atomic E-state index is -3.19. The van der Waals surface area contributed by atoms with E-state index in [1.54, 1.807) is 4.90 Å². The van der Waals surface area contributed by atoms with Crippen LogP contribution in [-0.2, 0) is 20.0 Å². The molecule has 0 unspecified atom stereocenters. The third kappa shape index (κ3) is 3.69. The lowest BCUT2D eigenvalue weighted by Gasteiger charge is -2.38. The predicted octanol–water partition coefficient (Wildman–Crippen LogP) is 1.07. The minimum absolute atomic E-state index is 0.0694. The van der Waals surface area contributed by atoms with Crippen molar-refractivity contribution in [1.82, 2.24) is 10.2 Å². The van der Waals surface area contributed by atoms with Crippen LogP contribution in [0.5, 0.6) is 0 Å². The molecule has 0 aliphatic carbocycles. The number of amides is 2. The van der Waals surface area contributed by atoms with Crippen molar-refractivity contribution in [3.05, 3.63) is 35.9 Å². The summed E-state index contributed by atoms with van der Waals surface area (Å²) >= 11 is 0. The average Bonchev–Trinajstić information content (AvgIpc) is 2.96. The van der Waals surface area contributed by atoms with E-state index >= 15 is 0 Å². The molecule has 1 aromatic rings. The number of carbonyl (C=O) groups is 1. The number of nitrogens with one attached hydrogen (secondary N) is 1. The summed E-state index contributed by atoms with van der Waals surface area (Å²) in [5, 5.41) is 12.5. The van der Waals surface area contributed by atoms with Gasteiger partial charge in [-0.3, -0.25) is 0 Å². The lowest BCUT2D eigenvalue weighted by molar-refractivity contribution is 0.0959. The highest BCUT2D eigenvalue weighted by Crippen LogP contribution is 2.34. The number of likely N-dealkylation sites (tertiary alicyclic amines) is 1. The van der Waals surface area contributed by atoms with Gasteiger partial charge in [-0.1, -0.05) is 30.3 Å². The number of nitrogens with zero attached hydrogens (tertiary/aromatic N) is 2. The van der Waals surface area contributed by atoms with Gasteiger partial charge in [0.2, 0.25) is 0 Å². The molecular formula is C18H23N3O4S. The van der Waals surface area contributed by atoms with Gasteiger partial charge in [0.1, 0.15) is 0 Å². The number of rotatable bonds is 3. The van der Waals surface area contributed by atoms with E-state index in [9.17, 15) is 18.5 Å². The quantitative estimate of drug-likeness (QED) is 0.849. The molecule has 2 saturated heterocycles. The normalized spacial score (nSPS) is 26.8. The summed E-state index contributed by atoms with van der Waals surface area (Å²) in [6.07, 6.45) is 0.589. The Morgan fingerprint density at radius 2 is 1.92 bits per heavy atom. The van der Waals surface area contributed by atoms with Gasteiger partial charge >= 0.3 is 6.03 Å². The third-order valence-electron chi connectivity index (χ3n) is 5.36. The lowest BCUT2D eigenvalue weighted by Crippen LogP contribution is -2.53. The summed E-state index contributed by atoms with van der Waals surface area (Å²) in [5.74, 6) is -0.169. The topological polar surface area (TPSA) is 99.5 Å². The Morgan fingerprint density at radius 3 is 2.50 bits per heavy atom. The molecule has 0 spiro atoms. The third-order valence-corrected chi connectivity index (χ3v) is 7.06. The summed E-state index contributed by atoms with van der Waals surface area (Å²) in [7, 11) is -1.74. The maximum atomic E-state index is 12.5. The summed E-state index contributed by atoms with van der Waals surface area (Å²) in [6.45, 7) is 0.900. The average molecular weight is 377 g/mol. The molecule has 2 atom stereocenters. The number of ether oxygens (including phenoxy) is 1. The highest BCUT2D eigenvalue weighted by atomic mass is 32.2. The van der Waals surface area contributed by atoms with Gasteiger partial charge in [-0.2, -0.15) is 5.26 Å². The Morgan fingerprint density at radius 1 is 1.27 bits per heavy atom. The van der Waals surface area contributed by atoms with Crippen molar-refractivity contribution in [2.24, 2.45) is 0 Å². The maximum absolute atomic E-state index is 12.5. The SMILES string of the molecule is CO[C@@H]1CS(=O)(=O)C[C@H]1NC(=O)N1CCC(C#N)(c2ccccc2)CC1. The van der Waals surface area contributed by atoms with Crippen LogP contribution in [0.25, 0.3) is 0 Å². The number of piperidine rings is 1. The molecule has 7 nitrogen and oxygen atoms in total. The van der Waals surface area contributed by atoms with E-state index in [0.717, 1.165) is 5.56 Å². The van der Waals surface area contributed by atoms with Crippen molar-refractivity contribution in [3.8, 4) is 6.07 Å². The van der Waals surface area contributed by atoms with Gasteiger partial charge in [-0.25, -0.2) is 13.2 Å². The van der Waals surface area contributed by atoms with E-state index in [2.05, 4.69) is 11.4 Å². The van der Waals surface area contributed by atoms with Crippen LogP contribution in [-0.4, -0.2) is 63.2 Å². The smallest absolute Gasteiger partial charge is 0.317 e. The Bertz CT molecular complexity index is 795. The second-order valence-electron chi connectivity index (χ2n) is 6.95. The first-order valence-electron chi connectivity index (χ1n) is 8.64. The van der Waals surface area contributed by atoms with Crippen molar-refractivity contribution < 1.29 is 17.9 Å². The van der Waals surface area contributed by atoms with Gasteiger partial charge in [-0.05, 0) is 18.4 Å². The number of carbonyl (C=O) groups excluding carboxylic acids is 1. The first-order valence-corrected chi connectivity index (χ1v) is 10.5. The molecule has 0 radical (unpaired) electrons. The summed E-state index contributed by atoms with van der Waals surface area (Å²) < 4.78 is 28.7.